The maximum Gasteiger partial charge on any atom is 0.237 e. The Morgan fingerprint density at radius 2 is 2.17 bits per heavy atom. The van der Waals surface area contributed by atoms with E-state index in [0.29, 0.717) is 17.1 Å². The molecule has 3 N–H and O–H groups in total. The lowest BCUT2D eigenvalue weighted by molar-refractivity contribution is -0.123. The van der Waals surface area contributed by atoms with E-state index >= 15 is 0 Å². The molecule has 0 saturated heterocycles. The first-order valence-electron chi connectivity index (χ1n) is 5.46. The summed E-state index contributed by atoms with van der Waals surface area (Å²) in [7, 11) is 1.65. The number of hydrogen-bond donors (Lipinski definition) is 2. The minimum atomic E-state index is -0.816. The summed E-state index contributed by atoms with van der Waals surface area (Å²) in [4.78, 5) is 11.6. The van der Waals surface area contributed by atoms with Crippen molar-refractivity contribution in [3.63, 3.8) is 0 Å². The van der Waals surface area contributed by atoms with Gasteiger partial charge in [-0.3, -0.25) is 4.79 Å². The Morgan fingerprint density at radius 1 is 1.50 bits per heavy atom. The molecule has 0 fully saturated rings. The number of hydrogen-bond acceptors (Lipinski definition) is 3. The Bertz CT molecular complexity index is 442. The van der Waals surface area contributed by atoms with E-state index in [1.165, 1.54) is 23.9 Å². The van der Waals surface area contributed by atoms with Crippen LogP contribution in [0, 0.1) is 11.6 Å². The van der Waals surface area contributed by atoms with E-state index in [4.69, 9.17) is 5.73 Å². The van der Waals surface area contributed by atoms with E-state index in [0.717, 1.165) is 6.07 Å². The van der Waals surface area contributed by atoms with Crippen LogP contribution < -0.4 is 11.1 Å². The molecular formula is C12H16F2N2OS. The van der Waals surface area contributed by atoms with Gasteiger partial charge >= 0.3 is 0 Å². The molecule has 0 aliphatic rings. The number of nitrogens with two attached hydrogens (primary N) is 1. The third-order valence-corrected chi connectivity index (χ3v) is 3.90. The Labute approximate surface area is 109 Å². The first-order chi connectivity index (χ1) is 8.39. The van der Waals surface area contributed by atoms with Crippen LogP contribution in [0.15, 0.2) is 23.1 Å². The molecule has 1 rings (SSSR count). The Balaban J connectivity index is 2.58. The quantitative estimate of drug-likeness (QED) is 0.779. The van der Waals surface area contributed by atoms with E-state index < -0.39 is 23.1 Å². The highest BCUT2D eigenvalue weighted by atomic mass is 32.2. The molecule has 0 aromatic heterocycles. The molecular weight excluding hydrogens is 258 g/mol. The van der Waals surface area contributed by atoms with Crippen LogP contribution in [0.5, 0.6) is 0 Å². The molecule has 0 saturated carbocycles. The topological polar surface area (TPSA) is 55.1 Å². The fraction of sp³-hybridized carbons (Fsp3) is 0.417. The van der Waals surface area contributed by atoms with Crippen molar-refractivity contribution < 1.29 is 13.6 Å². The molecule has 1 atom stereocenters. The van der Waals surface area contributed by atoms with Gasteiger partial charge in [-0.1, -0.05) is 0 Å². The van der Waals surface area contributed by atoms with Crippen LogP contribution in [-0.4, -0.2) is 24.2 Å². The maximum atomic E-state index is 13.3. The lowest BCUT2D eigenvalue weighted by Gasteiger charge is -2.25. The van der Waals surface area contributed by atoms with Crippen LogP contribution in [0.3, 0.4) is 0 Å². The number of rotatable bonds is 6. The number of halogens is 2. The number of carbonyl (C=O) groups excluding carboxylic acids is 1. The number of carbonyl (C=O) groups is 1. The number of likely N-dealkylation sites (N-methyl/N-ethyl adjacent to an activating group) is 1. The molecule has 0 aliphatic heterocycles. The summed E-state index contributed by atoms with van der Waals surface area (Å²) in [5.74, 6) is -1.15. The third kappa shape index (κ3) is 3.68. The average Bonchev–Trinajstić information content (AvgIpc) is 2.31. The Hall–Kier alpha value is -1.14. The van der Waals surface area contributed by atoms with Gasteiger partial charge in [0.1, 0.15) is 11.6 Å². The fourth-order valence-corrected chi connectivity index (χ4v) is 2.42. The van der Waals surface area contributed by atoms with E-state index in [1.807, 2.05) is 0 Å². The van der Waals surface area contributed by atoms with Crippen LogP contribution in [0.25, 0.3) is 0 Å². The summed E-state index contributed by atoms with van der Waals surface area (Å²) in [5.41, 5.74) is 4.46. The average molecular weight is 274 g/mol. The highest BCUT2D eigenvalue weighted by Gasteiger charge is 2.28. The zero-order valence-electron chi connectivity index (χ0n) is 10.3. The maximum absolute atomic E-state index is 13.3. The predicted octanol–water partition coefficient (Wildman–Crippen LogP) is 1.91. The lowest BCUT2D eigenvalue weighted by Crippen LogP contribution is -2.51. The molecule has 1 amide bonds. The predicted molar refractivity (Wildman–Crippen MR) is 68.4 cm³/mol. The Kier molecular flexibility index (Phi) is 5.10. The number of nitrogens with one attached hydrogen (secondary N) is 1. The molecule has 1 aromatic carbocycles. The van der Waals surface area contributed by atoms with Gasteiger partial charge in [0.2, 0.25) is 5.91 Å². The lowest BCUT2D eigenvalue weighted by atomic mass is 9.99. The summed E-state index contributed by atoms with van der Waals surface area (Å²) >= 11 is 1.23. The summed E-state index contributed by atoms with van der Waals surface area (Å²) < 4.78 is 26.0. The molecule has 0 spiro atoms. The van der Waals surface area contributed by atoms with Crippen molar-refractivity contribution in [3.8, 4) is 0 Å². The summed E-state index contributed by atoms with van der Waals surface area (Å²) in [6, 6.07) is 3.43. The van der Waals surface area contributed by atoms with Gasteiger partial charge in [-0.2, -0.15) is 0 Å². The first-order valence-corrected chi connectivity index (χ1v) is 6.44. The van der Waals surface area contributed by atoms with Crippen LogP contribution in [0.2, 0.25) is 0 Å². The standard InChI is InChI=1S/C12H16F2N2OS/c1-12(16-2,11(15)17)5-6-18-10-4-3-8(13)7-9(10)14/h3-4,7,16H,5-6H2,1-2H3,(H2,15,17). The molecule has 1 aromatic rings. The number of thioether (sulfide) groups is 1. The van der Waals surface area contributed by atoms with Crippen LogP contribution in [-0.2, 0) is 4.79 Å². The third-order valence-electron chi connectivity index (χ3n) is 2.85. The zero-order valence-corrected chi connectivity index (χ0v) is 11.1. The van der Waals surface area contributed by atoms with Crippen molar-refractivity contribution in [2.45, 2.75) is 23.8 Å². The molecule has 0 heterocycles. The van der Waals surface area contributed by atoms with Gasteiger partial charge in [0, 0.05) is 16.7 Å². The normalized spacial score (nSPS) is 14.2. The Morgan fingerprint density at radius 3 is 2.67 bits per heavy atom. The first kappa shape index (κ1) is 14.9. The van der Waals surface area contributed by atoms with Gasteiger partial charge in [0.15, 0.2) is 0 Å². The largest absolute Gasteiger partial charge is 0.368 e. The molecule has 6 heteroatoms. The fourth-order valence-electron chi connectivity index (χ4n) is 1.33. The van der Waals surface area contributed by atoms with Gasteiger partial charge in [0.05, 0.1) is 5.54 Å². The number of primary amides is 1. The molecule has 0 bridgehead atoms. The smallest absolute Gasteiger partial charge is 0.237 e. The van der Waals surface area contributed by atoms with Crippen molar-refractivity contribution in [1.29, 1.82) is 0 Å². The summed E-state index contributed by atoms with van der Waals surface area (Å²) in [6.45, 7) is 1.69. The zero-order chi connectivity index (χ0) is 13.8. The summed E-state index contributed by atoms with van der Waals surface area (Å²) in [6.07, 6.45) is 0.459. The second kappa shape index (κ2) is 6.15. The van der Waals surface area contributed by atoms with Gasteiger partial charge in [0.25, 0.3) is 0 Å². The van der Waals surface area contributed by atoms with E-state index in [-0.39, 0.29) is 0 Å². The van der Waals surface area contributed by atoms with E-state index in [2.05, 4.69) is 5.32 Å². The van der Waals surface area contributed by atoms with Crippen molar-refractivity contribution in [1.82, 2.24) is 5.32 Å². The van der Waals surface area contributed by atoms with Crippen LogP contribution >= 0.6 is 11.8 Å². The van der Waals surface area contributed by atoms with E-state index in [1.54, 1.807) is 14.0 Å². The van der Waals surface area contributed by atoms with Crippen LogP contribution in [0.4, 0.5) is 8.78 Å². The highest BCUT2D eigenvalue weighted by molar-refractivity contribution is 7.99. The minimum absolute atomic E-state index is 0.360. The molecule has 100 valence electrons. The van der Waals surface area contributed by atoms with Gasteiger partial charge in [-0.05, 0) is 32.5 Å². The SMILES string of the molecule is CNC(C)(CCSc1ccc(F)cc1F)C(N)=O. The number of amides is 1. The molecule has 0 aliphatic carbocycles. The second-order valence-corrected chi connectivity index (χ2v) is 5.26. The summed E-state index contributed by atoms with van der Waals surface area (Å²) in [5, 5.41) is 2.85. The van der Waals surface area contributed by atoms with Crippen molar-refractivity contribution in [2.24, 2.45) is 5.73 Å². The van der Waals surface area contributed by atoms with Gasteiger partial charge in [-0.25, -0.2) is 8.78 Å². The van der Waals surface area contributed by atoms with Crippen LogP contribution in [0.1, 0.15) is 13.3 Å². The van der Waals surface area contributed by atoms with Crippen molar-refractivity contribution in [2.75, 3.05) is 12.8 Å². The molecule has 0 radical (unpaired) electrons. The molecule has 18 heavy (non-hydrogen) atoms. The monoisotopic (exact) mass is 274 g/mol. The van der Waals surface area contributed by atoms with E-state index in [9.17, 15) is 13.6 Å². The van der Waals surface area contributed by atoms with Gasteiger partial charge in [-0.15, -0.1) is 11.8 Å². The highest BCUT2D eigenvalue weighted by Crippen LogP contribution is 2.25. The van der Waals surface area contributed by atoms with Gasteiger partial charge < -0.3 is 11.1 Å². The number of benzene rings is 1. The van der Waals surface area contributed by atoms with Crippen molar-refractivity contribution >= 4 is 17.7 Å². The molecule has 1 unspecified atom stereocenters. The van der Waals surface area contributed by atoms with Crippen molar-refractivity contribution in [3.05, 3.63) is 29.8 Å². The minimum Gasteiger partial charge on any atom is -0.368 e. The molecule has 3 nitrogen and oxygen atoms in total. The second-order valence-electron chi connectivity index (χ2n) is 4.12.